The Morgan fingerprint density at radius 3 is 2.60 bits per heavy atom. The number of amides is 1. The first kappa shape index (κ1) is 17.0. The molecule has 0 unspecified atom stereocenters. The van der Waals surface area contributed by atoms with Gasteiger partial charge in [-0.05, 0) is 47.7 Å². The minimum Gasteiger partial charge on any atom is -0.497 e. The summed E-state index contributed by atoms with van der Waals surface area (Å²) < 4.78 is 5.21. The van der Waals surface area contributed by atoms with Crippen molar-refractivity contribution in [2.75, 3.05) is 13.7 Å². The molecule has 1 heterocycles. The smallest absolute Gasteiger partial charge is 0.255 e. The molecule has 1 aliphatic heterocycles. The number of carbonyl (C=O) groups is 1. The predicted molar refractivity (Wildman–Crippen MR) is 101 cm³/mol. The molecule has 0 radical (unpaired) electrons. The second kappa shape index (κ2) is 7.39. The summed E-state index contributed by atoms with van der Waals surface area (Å²) in [7, 11) is 1.65. The zero-order valence-corrected chi connectivity index (χ0v) is 14.8. The fourth-order valence-electron chi connectivity index (χ4n) is 3.20. The third-order valence-corrected chi connectivity index (χ3v) is 4.67. The fourth-order valence-corrected chi connectivity index (χ4v) is 3.20. The van der Waals surface area contributed by atoms with Crippen LogP contribution < -0.4 is 4.74 Å². The molecule has 0 fully saturated rings. The third-order valence-electron chi connectivity index (χ3n) is 4.67. The highest BCUT2D eigenvalue weighted by Gasteiger charge is 2.26. The van der Waals surface area contributed by atoms with E-state index in [0.717, 1.165) is 34.4 Å². The molecule has 0 spiro atoms. The molecule has 0 aliphatic carbocycles. The number of fused-ring (bicyclic) bond motifs is 1. The van der Waals surface area contributed by atoms with Gasteiger partial charge in [-0.2, -0.15) is 0 Å². The van der Waals surface area contributed by atoms with Crippen LogP contribution in [0.1, 0.15) is 23.6 Å². The van der Waals surface area contributed by atoms with Crippen LogP contribution in [0.4, 0.5) is 0 Å². The molecule has 3 nitrogen and oxygen atoms in total. The fraction of sp³-hybridized carbons (Fsp3) is 0.227. The van der Waals surface area contributed by atoms with E-state index in [1.54, 1.807) is 13.2 Å². The van der Waals surface area contributed by atoms with E-state index in [1.807, 2.05) is 54.3 Å². The molecule has 1 amide bonds. The second-order valence-electron chi connectivity index (χ2n) is 6.24. The molecule has 0 bridgehead atoms. The molecule has 2 aromatic carbocycles. The summed E-state index contributed by atoms with van der Waals surface area (Å²) >= 11 is 0. The van der Waals surface area contributed by atoms with Crippen molar-refractivity contribution in [1.82, 2.24) is 4.90 Å². The molecule has 0 N–H and O–H groups in total. The Labute approximate surface area is 149 Å². The van der Waals surface area contributed by atoms with Gasteiger partial charge in [0.1, 0.15) is 5.75 Å². The number of benzene rings is 2. The van der Waals surface area contributed by atoms with Crippen molar-refractivity contribution >= 4 is 11.5 Å². The van der Waals surface area contributed by atoms with Crippen LogP contribution in [0.2, 0.25) is 0 Å². The van der Waals surface area contributed by atoms with Crippen LogP contribution in [0.3, 0.4) is 0 Å². The Morgan fingerprint density at radius 2 is 1.92 bits per heavy atom. The normalized spacial score (nSPS) is 16.1. The number of carbonyl (C=O) groups excluding carboxylic acids is 1. The summed E-state index contributed by atoms with van der Waals surface area (Å²) in [6, 6.07) is 16.0. The van der Waals surface area contributed by atoms with Gasteiger partial charge in [0.2, 0.25) is 0 Å². The first-order valence-corrected chi connectivity index (χ1v) is 8.48. The number of nitrogens with zero attached hydrogens (tertiary/aromatic N) is 1. The summed E-state index contributed by atoms with van der Waals surface area (Å²) in [4.78, 5) is 15.2. The molecule has 3 heteroatoms. The van der Waals surface area contributed by atoms with Gasteiger partial charge in [0.05, 0.1) is 7.11 Å². The van der Waals surface area contributed by atoms with Crippen LogP contribution in [0, 0.1) is 0 Å². The quantitative estimate of drug-likeness (QED) is 0.783. The van der Waals surface area contributed by atoms with E-state index in [9.17, 15) is 4.79 Å². The van der Waals surface area contributed by atoms with Gasteiger partial charge in [0.25, 0.3) is 5.91 Å². The van der Waals surface area contributed by atoms with Gasteiger partial charge in [-0.1, -0.05) is 49.1 Å². The maximum atomic E-state index is 13.2. The zero-order valence-electron chi connectivity index (χ0n) is 14.8. The number of ether oxygens (including phenoxy) is 1. The van der Waals surface area contributed by atoms with E-state index in [0.29, 0.717) is 13.1 Å². The van der Waals surface area contributed by atoms with E-state index >= 15 is 0 Å². The lowest BCUT2D eigenvalue weighted by Crippen LogP contribution is -2.31. The van der Waals surface area contributed by atoms with Gasteiger partial charge in [0, 0.05) is 18.7 Å². The van der Waals surface area contributed by atoms with Crippen molar-refractivity contribution in [3.8, 4) is 5.75 Å². The maximum Gasteiger partial charge on any atom is 0.255 e. The lowest BCUT2D eigenvalue weighted by Gasteiger charge is -2.22. The van der Waals surface area contributed by atoms with Gasteiger partial charge < -0.3 is 9.64 Å². The Hall–Kier alpha value is -2.81. The summed E-state index contributed by atoms with van der Waals surface area (Å²) in [5.41, 5.74) is 5.01. The Kier molecular flexibility index (Phi) is 5.03. The number of hydrogen-bond donors (Lipinski definition) is 0. The van der Waals surface area contributed by atoms with Gasteiger partial charge in [-0.15, -0.1) is 0 Å². The van der Waals surface area contributed by atoms with Crippen LogP contribution in [0.5, 0.6) is 5.75 Å². The lowest BCUT2D eigenvalue weighted by molar-refractivity contribution is -0.125. The van der Waals surface area contributed by atoms with Crippen molar-refractivity contribution in [3.63, 3.8) is 0 Å². The van der Waals surface area contributed by atoms with Crippen molar-refractivity contribution in [2.24, 2.45) is 0 Å². The highest BCUT2D eigenvalue weighted by molar-refractivity contribution is 6.21. The highest BCUT2D eigenvalue weighted by Crippen LogP contribution is 2.29. The molecule has 128 valence electrons. The van der Waals surface area contributed by atoms with Crippen molar-refractivity contribution in [3.05, 3.63) is 83.4 Å². The lowest BCUT2D eigenvalue weighted by atomic mass is 9.95. The van der Waals surface area contributed by atoms with E-state index in [1.165, 1.54) is 5.56 Å². The standard InChI is InChI=1S/C22H23NO2/c1-4-16(2)21-20-8-6-5-7-18(20)13-14-23(22(21)24)15-17-9-11-19(25-3)12-10-17/h4-12H,1,13-15H2,2-3H3/b21-16+. The van der Waals surface area contributed by atoms with Gasteiger partial charge in [-0.25, -0.2) is 0 Å². The third kappa shape index (κ3) is 3.50. The molecule has 0 atom stereocenters. The number of allylic oxidation sites excluding steroid dienone is 2. The average Bonchev–Trinajstić information content (AvgIpc) is 2.79. The van der Waals surface area contributed by atoms with Crippen LogP contribution in [0.25, 0.3) is 5.57 Å². The molecule has 1 aliphatic rings. The molecule has 0 aromatic heterocycles. The maximum absolute atomic E-state index is 13.2. The van der Waals surface area contributed by atoms with Crippen molar-refractivity contribution in [2.45, 2.75) is 19.9 Å². The molecule has 0 saturated heterocycles. The summed E-state index contributed by atoms with van der Waals surface area (Å²) in [6.45, 7) is 7.10. The second-order valence-corrected chi connectivity index (χ2v) is 6.24. The Morgan fingerprint density at radius 1 is 1.20 bits per heavy atom. The van der Waals surface area contributed by atoms with Gasteiger partial charge >= 0.3 is 0 Å². The number of methoxy groups -OCH3 is 1. The predicted octanol–water partition coefficient (Wildman–Crippen LogP) is 4.24. The summed E-state index contributed by atoms with van der Waals surface area (Å²) in [6.07, 6.45) is 2.62. The summed E-state index contributed by atoms with van der Waals surface area (Å²) in [5, 5.41) is 0. The minimum atomic E-state index is 0.0677. The van der Waals surface area contributed by atoms with Crippen LogP contribution in [-0.4, -0.2) is 24.5 Å². The molecular formula is C22H23NO2. The highest BCUT2D eigenvalue weighted by atomic mass is 16.5. The largest absolute Gasteiger partial charge is 0.497 e. The molecule has 3 rings (SSSR count). The molecule has 2 aromatic rings. The van der Waals surface area contributed by atoms with Crippen LogP contribution in [0.15, 0.2) is 66.8 Å². The Bertz CT molecular complexity index is 818. The Balaban J connectivity index is 1.95. The molecule has 0 saturated carbocycles. The van der Waals surface area contributed by atoms with Crippen LogP contribution in [-0.2, 0) is 17.8 Å². The average molecular weight is 333 g/mol. The van der Waals surface area contributed by atoms with E-state index in [-0.39, 0.29) is 5.91 Å². The van der Waals surface area contributed by atoms with Crippen molar-refractivity contribution in [1.29, 1.82) is 0 Å². The zero-order chi connectivity index (χ0) is 17.8. The van der Waals surface area contributed by atoms with E-state index in [4.69, 9.17) is 4.74 Å². The van der Waals surface area contributed by atoms with Crippen LogP contribution >= 0.6 is 0 Å². The molecule has 25 heavy (non-hydrogen) atoms. The van der Waals surface area contributed by atoms with Gasteiger partial charge in [-0.3, -0.25) is 4.79 Å². The topological polar surface area (TPSA) is 29.5 Å². The first-order valence-electron chi connectivity index (χ1n) is 8.48. The monoisotopic (exact) mass is 333 g/mol. The molecular weight excluding hydrogens is 310 g/mol. The van der Waals surface area contributed by atoms with E-state index in [2.05, 4.69) is 12.6 Å². The van der Waals surface area contributed by atoms with Crippen molar-refractivity contribution < 1.29 is 9.53 Å². The minimum absolute atomic E-state index is 0.0677. The number of hydrogen-bond acceptors (Lipinski definition) is 2. The van der Waals surface area contributed by atoms with Gasteiger partial charge in [0.15, 0.2) is 0 Å². The summed E-state index contributed by atoms with van der Waals surface area (Å²) in [5.74, 6) is 0.889. The number of rotatable bonds is 4. The van der Waals surface area contributed by atoms with E-state index < -0.39 is 0 Å². The first-order chi connectivity index (χ1) is 12.1. The SMILES string of the molecule is C=C/C(C)=C1/C(=O)N(Cc2ccc(OC)cc2)CCc2ccccc21.